The van der Waals surface area contributed by atoms with Crippen LogP contribution in [0, 0.1) is 6.92 Å². The Kier molecular flexibility index (Phi) is 4.72. The number of ether oxygens (including phenoxy) is 1. The minimum absolute atomic E-state index is 0.125. The van der Waals surface area contributed by atoms with Crippen LogP contribution in [0.3, 0.4) is 0 Å². The van der Waals surface area contributed by atoms with Crippen molar-refractivity contribution in [2.75, 3.05) is 0 Å². The molecule has 0 N–H and O–H groups in total. The van der Waals surface area contributed by atoms with Gasteiger partial charge in [0.2, 0.25) is 5.43 Å². The first-order chi connectivity index (χ1) is 13.5. The van der Waals surface area contributed by atoms with E-state index in [0.717, 1.165) is 5.56 Å². The van der Waals surface area contributed by atoms with E-state index in [1.165, 1.54) is 0 Å². The number of hydrogen-bond donors (Lipinski definition) is 0. The Morgan fingerprint density at radius 1 is 0.964 bits per heavy atom. The molecule has 0 saturated heterocycles. The summed E-state index contributed by atoms with van der Waals surface area (Å²) in [5.41, 5.74) is 1.94. The van der Waals surface area contributed by atoms with Gasteiger partial charge < -0.3 is 9.15 Å². The van der Waals surface area contributed by atoms with Gasteiger partial charge in [0.05, 0.1) is 16.5 Å². The van der Waals surface area contributed by atoms with E-state index in [-0.39, 0.29) is 5.43 Å². The second kappa shape index (κ2) is 7.33. The van der Waals surface area contributed by atoms with Crippen LogP contribution in [0.1, 0.15) is 16.1 Å². The third kappa shape index (κ3) is 3.42. The van der Waals surface area contributed by atoms with Gasteiger partial charge >= 0.3 is 5.97 Å². The Morgan fingerprint density at radius 3 is 2.39 bits per heavy atom. The highest BCUT2D eigenvalue weighted by Gasteiger charge is 2.15. The van der Waals surface area contributed by atoms with Crippen LogP contribution in [0.2, 0.25) is 5.02 Å². The number of aryl methyl sites for hydroxylation is 1. The van der Waals surface area contributed by atoms with E-state index in [1.807, 2.05) is 30.3 Å². The van der Waals surface area contributed by atoms with Gasteiger partial charge in [0.1, 0.15) is 17.1 Å². The number of esters is 1. The van der Waals surface area contributed by atoms with Gasteiger partial charge in [0.25, 0.3) is 0 Å². The van der Waals surface area contributed by atoms with Crippen molar-refractivity contribution in [1.82, 2.24) is 0 Å². The highest BCUT2D eigenvalue weighted by molar-refractivity contribution is 6.30. The normalized spacial score (nSPS) is 10.8. The van der Waals surface area contributed by atoms with Crippen molar-refractivity contribution < 1.29 is 13.9 Å². The van der Waals surface area contributed by atoms with Crippen molar-refractivity contribution in [3.63, 3.8) is 0 Å². The number of benzene rings is 3. The zero-order chi connectivity index (χ0) is 19.7. The number of fused-ring (bicyclic) bond motifs is 1. The lowest BCUT2D eigenvalue weighted by Crippen LogP contribution is -2.10. The summed E-state index contributed by atoms with van der Waals surface area (Å²) in [4.78, 5) is 25.2. The maximum absolute atomic E-state index is 13.0. The average molecular weight is 391 g/mol. The Morgan fingerprint density at radius 2 is 1.68 bits per heavy atom. The van der Waals surface area contributed by atoms with Crippen molar-refractivity contribution in [1.29, 1.82) is 0 Å². The first kappa shape index (κ1) is 18.0. The number of carbonyl (C=O) groups excluding carboxylic acids is 1. The minimum atomic E-state index is -0.518. The van der Waals surface area contributed by atoms with Gasteiger partial charge in [-0.2, -0.15) is 0 Å². The Balaban J connectivity index is 1.71. The number of hydrogen-bond acceptors (Lipinski definition) is 4. The molecule has 1 aromatic heterocycles. The minimum Gasteiger partial charge on any atom is -0.460 e. The van der Waals surface area contributed by atoms with Gasteiger partial charge in [-0.05, 0) is 48.9 Å². The molecule has 0 saturated carbocycles. The molecule has 0 aliphatic heterocycles. The van der Waals surface area contributed by atoms with Crippen LogP contribution in [0.15, 0.2) is 82.0 Å². The van der Waals surface area contributed by atoms with E-state index in [4.69, 9.17) is 20.8 Å². The molecule has 4 aromatic rings. The molecule has 28 heavy (non-hydrogen) atoms. The van der Waals surface area contributed by atoms with Gasteiger partial charge in [-0.1, -0.05) is 41.9 Å². The largest absolute Gasteiger partial charge is 0.460 e. The van der Waals surface area contributed by atoms with Crippen molar-refractivity contribution >= 4 is 28.5 Å². The molecule has 4 nitrogen and oxygen atoms in total. The van der Waals surface area contributed by atoms with E-state index in [2.05, 4.69) is 0 Å². The quantitative estimate of drug-likeness (QED) is 0.335. The molecule has 0 fully saturated rings. The number of carbonyl (C=O) groups is 1. The third-order valence-corrected chi connectivity index (χ3v) is 4.64. The predicted octanol–water partition coefficient (Wildman–Crippen LogP) is 5.64. The van der Waals surface area contributed by atoms with Crippen LogP contribution in [0.25, 0.3) is 22.1 Å². The van der Waals surface area contributed by atoms with Gasteiger partial charge in [0.15, 0.2) is 0 Å². The molecule has 0 unspecified atom stereocenters. The Hall–Kier alpha value is -3.37. The van der Waals surface area contributed by atoms with E-state index >= 15 is 0 Å². The molecule has 1 heterocycles. The van der Waals surface area contributed by atoms with Crippen LogP contribution in [0.5, 0.6) is 5.75 Å². The van der Waals surface area contributed by atoms with E-state index < -0.39 is 5.97 Å². The summed E-state index contributed by atoms with van der Waals surface area (Å²) < 4.78 is 11.3. The Labute approximate surface area is 166 Å². The summed E-state index contributed by atoms with van der Waals surface area (Å²) in [7, 11) is 0. The highest BCUT2D eigenvalue weighted by atomic mass is 35.5. The van der Waals surface area contributed by atoms with Crippen LogP contribution in [-0.4, -0.2) is 5.97 Å². The summed E-state index contributed by atoms with van der Waals surface area (Å²) in [6.45, 7) is 1.75. The molecule has 0 amide bonds. The van der Waals surface area contributed by atoms with Crippen LogP contribution >= 0.6 is 11.6 Å². The van der Waals surface area contributed by atoms with Crippen molar-refractivity contribution in [2.45, 2.75) is 6.92 Å². The second-order valence-corrected chi connectivity index (χ2v) is 6.72. The molecular formula is C23H15ClO4. The smallest absolute Gasteiger partial charge is 0.343 e. The molecule has 4 rings (SSSR count). The number of halogens is 1. The lowest BCUT2D eigenvalue weighted by atomic mass is 10.0. The topological polar surface area (TPSA) is 56.5 Å². The van der Waals surface area contributed by atoms with Crippen molar-refractivity contribution in [3.05, 3.63) is 99.4 Å². The van der Waals surface area contributed by atoms with Gasteiger partial charge in [-0.3, -0.25) is 4.79 Å². The SMILES string of the molecule is Cc1oc2cc(OC(=O)c3ccc(Cl)cc3)ccc2c(=O)c1-c1ccccc1. The lowest BCUT2D eigenvalue weighted by molar-refractivity contribution is 0.0735. The van der Waals surface area contributed by atoms with Gasteiger partial charge in [-0.25, -0.2) is 4.79 Å². The van der Waals surface area contributed by atoms with Gasteiger partial charge in [0, 0.05) is 11.1 Å². The lowest BCUT2D eigenvalue weighted by Gasteiger charge is -2.09. The molecule has 0 spiro atoms. The molecule has 0 aliphatic rings. The number of rotatable bonds is 3. The van der Waals surface area contributed by atoms with E-state index in [9.17, 15) is 9.59 Å². The second-order valence-electron chi connectivity index (χ2n) is 6.28. The summed E-state index contributed by atoms with van der Waals surface area (Å²) in [6, 6.07) is 20.5. The first-order valence-corrected chi connectivity index (χ1v) is 9.01. The monoisotopic (exact) mass is 390 g/mol. The summed E-state index contributed by atoms with van der Waals surface area (Å²) in [6.07, 6.45) is 0. The Bertz CT molecular complexity index is 1230. The third-order valence-electron chi connectivity index (χ3n) is 4.39. The molecular weight excluding hydrogens is 376 g/mol. The molecule has 138 valence electrons. The maximum atomic E-state index is 13.0. The molecule has 0 atom stereocenters. The van der Waals surface area contributed by atoms with E-state index in [0.29, 0.717) is 38.6 Å². The standard InChI is InChI=1S/C23H15ClO4/c1-14-21(15-5-3-2-4-6-15)22(25)19-12-11-18(13-20(19)27-14)28-23(26)16-7-9-17(24)10-8-16/h2-13H,1H3. The summed E-state index contributed by atoms with van der Waals surface area (Å²) in [5.74, 6) is 0.281. The zero-order valence-corrected chi connectivity index (χ0v) is 15.7. The van der Waals surface area contributed by atoms with Crippen LogP contribution in [-0.2, 0) is 0 Å². The molecule has 0 aliphatic carbocycles. The van der Waals surface area contributed by atoms with Crippen molar-refractivity contribution in [2.24, 2.45) is 0 Å². The highest BCUT2D eigenvalue weighted by Crippen LogP contribution is 2.26. The van der Waals surface area contributed by atoms with E-state index in [1.54, 1.807) is 49.4 Å². The molecule has 5 heteroatoms. The summed E-state index contributed by atoms with van der Waals surface area (Å²) >= 11 is 5.83. The van der Waals surface area contributed by atoms with Gasteiger partial charge in [-0.15, -0.1) is 0 Å². The maximum Gasteiger partial charge on any atom is 0.343 e. The molecule has 3 aromatic carbocycles. The zero-order valence-electron chi connectivity index (χ0n) is 14.9. The summed E-state index contributed by atoms with van der Waals surface area (Å²) in [5, 5.41) is 0.962. The fourth-order valence-electron chi connectivity index (χ4n) is 3.04. The predicted molar refractivity (Wildman–Crippen MR) is 109 cm³/mol. The molecule has 0 bridgehead atoms. The first-order valence-electron chi connectivity index (χ1n) is 8.63. The fraction of sp³-hybridized carbons (Fsp3) is 0.0435. The van der Waals surface area contributed by atoms with Crippen LogP contribution < -0.4 is 10.2 Å². The average Bonchev–Trinajstić information content (AvgIpc) is 2.69. The molecule has 0 radical (unpaired) electrons. The van der Waals surface area contributed by atoms with Crippen molar-refractivity contribution in [3.8, 4) is 16.9 Å². The fourth-order valence-corrected chi connectivity index (χ4v) is 3.17. The van der Waals surface area contributed by atoms with Crippen LogP contribution in [0.4, 0.5) is 0 Å².